The van der Waals surface area contributed by atoms with Crippen molar-refractivity contribution in [3.05, 3.63) is 74.8 Å². The molecule has 3 aromatic rings. The molecule has 270 valence electrons. The van der Waals surface area contributed by atoms with Crippen LogP contribution in [0.1, 0.15) is 66.9 Å². The summed E-state index contributed by atoms with van der Waals surface area (Å²) in [6, 6.07) is 9.98. The summed E-state index contributed by atoms with van der Waals surface area (Å²) in [7, 11) is 3.88. The first-order valence-electron chi connectivity index (χ1n) is 17.6. The number of amides is 2. The summed E-state index contributed by atoms with van der Waals surface area (Å²) >= 11 is 0. The molecule has 2 fully saturated rings. The van der Waals surface area contributed by atoms with Crippen LogP contribution in [-0.4, -0.2) is 95.9 Å². The number of nitrogens with zero attached hydrogens (tertiary/aromatic N) is 6. The summed E-state index contributed by atoms with van der Waals surface area (Å²) in [4.78, 5) is 53.3. The average Bonchev–Trinajstić information content (AvgIpc) is 3.55. The standard InChI is InChI=1S/C38H54N8O4/c1-10-46(30-13-14-45(24-30)37(49)50-38(5,6)7)33-21-29(41-28-11-12-34(39-22-28)44-17-15-42(8)16-18-44)20-31(27(33)4)35(47)40-23-32-25(2)19-26(3)43(9)36(32)48/h11-12,19-22,30,41H,10,13-18,23-24H2,1-9H3,(H,40,47). The fourth-order valence-electron chi connectivity index (χ4n) is 6.78. The van der Waals surface area contributed by atoms with Gasteiger partial charge in [-0.2, -0.15) is 0 Å². The topological polar surface area (TPSA) is 115 Å². The van der Waals surface area contributed by atoms with Crippen LogP contribution in [0, 0.1) is 20.8 Å². The Morgan fingerprint density at radius 3 is 2.36 bits per heavy atom. The van der Waals surface area contributed by atoms with Crippen LogP contribution in [0.3, 0.4) is 0 Å². The third-order valence-corrected chi connectivity index (χ3v) is 9.81. The minimum absolute atomic E-state index is 0.0418. The van der Waals surface area contributed by atoms with Gasteiger partial charge < -0.3 is 39.5 Å². The van der Waals surface area contributed by atoms with Crippen LogP contribution >= 0.6 is 0 Å². The molecule has 2 saturated heterocycles. The number of ether oxygens (including phenoxy) is 1. The van der Waals surface area contributed by atoms with Crippen LogP contribution in [0.4, 0.5) is 27.7 Å². The Morgan fingerprint density at radius 2 is 1.72 bits per heavy atom. The van der Waals surface area contributed by atoms with Crippen LogP contribution in [0.25, 0.3) is 0 Å². The molecule has 0 bridgehead atoms. The van der Waals surface area contributed by atoms with Crippen molar-refractivity contribution in [2.45, 2.75) is 73.1 Å². The number of piperazine rings is 1. The fourth-order valence-corrected chi connectivity index (χ4v) is 6.78. The molecule has 12 nitrogen and oxygen atoms in total. The molecule has 2 aliphatic rings. The van der Waals surface area contributed by atoms with Crippen molar-refractivity contribution in [1.29, 1.82) is 0 Å². The van der Waals surface area contributed by atoms with Crippen molar-refractivity contribution in [2.24, 2.45) is 7.05 Å². The normalized spacial score (nSPS) is 16.8. The summed E-state index contributed by atoms with van der Waals surface area (Å²) in [6.07, 6.45) is 2.29. The van der Waals surface area contributed by atoms with Gasteiger partial charge in [0.05, 0.1) is 11.9 Å². The molecule has 0 aliphatic carbocycles. The van der Waals surface area contributed by atoms with Crippen molar-refractivity contribution in [3.63, 3.8) is 0 Å². The van der Waals surface area contributed by atoms with Crippen molar-refractivity contribution in [3.8, 4) is 0 Å². The highest BCUT2D eigenvalue weighted by molar-refractivity contribution is 5.98. The SMILES string of the molecule is CCN(c1cc(Nc2ccc(N3CCN(C)CC3)nc2)cc(C(=O)NCc2c(C)cc(C)n(C)c2=O)c1C)C1CCN(C(=O)OC(C)(C)C)C1. The largest absolute Gasteiger partial charge is 0.444 e. The number of benzene rings is 1. The van der Waals surface area contributed by atoms with Crippen molar-refractivity contribution < 1.29 is 14.3 Å². The van der Waals surface area contributed by atoms with Gasteiger partial charge in [-0.15, -0.1) is 0 Å². The Labute approximate surface area is 296 Å². The number of hydrogen-bond acceptors (Lipinski definition) is 9. The molecular weight excluding hydrogens is 632 g/mol. The summed E-state index contributed by atoms with van der Waals surface area (Å²) in [5, 5.41) is 6.53. The minimum atomic E-state index is -0.572. The summed E-state index contributed by atoms with van der Waals surface area (Å²) in [5.41, 5.74) is 5.38. The summed E-state index contributed by atoms with van der Waals surface area (Å²) < 4.78 is 7.27. The van der Waals surface area contributed by atoms with Crippen LogP contribution in [-0.2, 0) is 18.3 Å². The lowest BCUT2D eigenvalue weighted by Crippen LogP contribution is -2.44. The van der Waals surface area contributed by atoms with Crippen LogP contribution in [0.2, 0.25) is 0 Å². The van der Waals surface area contributed by atoms with E-state index in [-0.39, 0.29) is 30.1 Å². The zero-order chi connectivity index (χ0) is 36.3. The lowest BCUT2D eigenvalue weighted by molar-refractivity contribution is 0.0292. The maximum absolute atomic E-state index is 14.0. The number of nitrogens with one attached hydrogen (secondary N) is 2. The Hall–Kier alpha value is -4.58. The highest BCUT2D eigenvalue weighted by Crippen LogP contribution is 2.33. The lowest BCUT2D eigenvalue weighted by atomic mass is 10.0. The third-order valence-electron chi connectivity index (χ3n) is 9.81. The van der Waals surface area contributed by atoms with Gasteiger partial charge in [0, 0.05) is 93.6 Å². The van der Waals surface area contributed by atoms with Crippen molar-refractivity contribution in [2.75, 3.05) is 68.0 Å². The number of hydrogen-bond donors (Lipinski definition) is 2. The molecule has 0 saturated carbocycles. The van der Waals surface area contributed by atoms with Crippen LogP contribution in [0.15, 0.2) is 41.3 Å². The third kappa shape index (κ3) is 8.40. The Balaban J connectivity index is 1.44. The molecule has 2 aliphatic heterocycles. The molecule has 1 unspecified atom stereocenters. The van der Waals surface area contributed by atoms with Gasteiger partial charge in [0.15, 0.2) is 0 Å². The molecule has 0 radical (unpaired) electrons. The zero-order valence-electron chi connectivity index (χ0n) is 31.2. The van der Waals surface area contributed by atoms with E-state index in [2.05, 4.69) is 45.4 Å². The van der Waals surface area contributed by atoms with E-state index in [1.807, 2.05) is 72.0 Å². The number of pyridine rings is 2. The molecule has 2 N–H and O–H groups in total. The number of aromatic nitrogens is 2. The van der Waals surface area contributed by atoms with Gasteiger partial charge in [0.2, 0.25) is 0 Å². The van der Waals surface area contributed by atoms with Gasteiger partial charge in [-0.05, 0) is 103 Å². The summed E-state index contributed by atoms with van der Waals surface area (Å²) in [6.45, 7) is 19.2. The van der Waals surface area contributed by atoms with E-state index in [1.54, 1.807) is 16.5 Å². The smallest absolute Gasteiger partial charge is 0.410 e. The van der Waals surface area contributed by atoms with Crippen LogP contribution in [0.5, 0.6) is 0 Å². The highest BCUT2D eigenvalue weighted by Gasteiger charge is 2.34. The van der Waals surface area contributed by atoms with E-state index in [1.165, 1.54) is 0 Å². The number of anilines is 4. The van der Waals surface area contributed by atoms with E-state index in [0.29, 0.717) is 30.8 Å². The molecule has 5 rings (SSSR count). The van der Waals surface area contributed by atoms with Gasteiger partial charge in [0.1, 0.15) is 11.4 Å². The molecule has 2 amide bonds. The fraction of sp³-hybridized carbons (Fsp3) is 0.526. The molecule has 1 atom stereocenters. The van der Waals surface area contributed by atoms with Gasteiger partial charge in [0.25, 0.3) is 11.5 Å². The van der Waals surface area contributed by atoms with E-state index in [4.69, 9.17) is 9.72 Å². The van der Waals surface area contributed by atoms with E-state index in [0.717, 1.165) is 72.3 Å². The molecule has 2 aromatic heterocycles. The van der Waals surface area contributed by atoms with Gasteiger partial charge in [-0.1, -0.05) is 0 Å². The Kier molecular flexibility index (Phi) is 11.1. The Bertz CT molecular complexity index is 1760. The monoisotopic (exact) mass is 686 g/mol. The molecular formula is C38H54N8O4. The number of likely N-dealkylation sites (tertiary alicyclic amines) is 1. The van der Waals surface area contributed by atoms with Crippen LogP contribution < -0.4 is 26.0 Å². The maximum atomic E-state index is 14.0. The second-order valence-corrected chi connectivity index (χ2v) is 14.6. The van der Waals surface area contributed by atoms with E-state index < -0.39 is 5.60 Å². The predicted molar refractivity (Wildman–Crippen MR) is 200 cm³/mol. The number of aryl methyl sites for hydroxylation is 2. The van der Waals surface area contributed by atoms with E-state index in [9.17, 15) is 14.4 Å². The quantitative estimate of drug-likeness (QED) is 0.322. The number of likely N-dealkylation sites (N-methyl/N-ethyl adjacent to an activating group) is 2. The Morgan fingerprint density at radius 1 is 1.00 bits per heavy atom. The number of carbonyl (C=O) groups excluding carboxylic acids is 2. The van der Waals surface area contributed by atoms with Crippen molar-refractivity contribution in [1.82, 2.24) is 24.7 Å². The molecule has 12 heteroatoms. The second-order valence-electron chi connectivity index (χ2n) is 14.6. The molecule has 50 heavy (non-hydrogen) atoms. The zero-order valence-corrected chi connectivity index (χ0v) is 31.2. The van der Waals surface area contributed by atoms with Gasteiger partial charge >= 0.3 is 6.09 Å². The molecule has 4 heterocycles. The van der Waals surface area contributed by atoms with Crippen molar-refractivity contribution >= 4 is 34.9 Å². The number of rotatable bonds is 9. The van der Waals surface area contributed by atoms with Gasteiger partial charge in [-0.3, -0.25) is 9.59 Å². The highest BCUT2D eigenvalue weighted by atomic mass is 16.6. The second kappa shape index (κ2) is 15.1. The first-order valence-corrected chi connectivity index (χ1v) is 17.6. The van der Waals surface area contributed by atoms with Gasteiger partial charge in [-0.25, -0.2) is 9.78 Å². The maximum Gasteiger partial charge on any atom is 0.410 e. The molecule has 0 spiro atoms. The van der Waals surface area contributed by atoms with E-state index >= 15 is 0 Å². The minimum Gasteiger partial charge on any atom is -0.444 e. The number of carbonyl (C=O) groups is 2. The average molecular weight is 687 g/mol. The first kappa shape index (κ1) is 36.7. The first-order chi connectivity index (χ1) is 23.6. The molecule has 1 aromatic carbocycles. The lowest BCUT2D eigenvalue weighted by Gasteiger charge is -2.33. The summed E-state index contributed by atoms with van der Waals surface area (Å²) in [5.74, 6) is 0.676. The predicted octanol–water partition coefficient (Wildman–Crippen LogP) is 4.97.